The first kappa shape index (κ1) is 21.1. The van der Waals surface area contributed by atoms with Gasteiger partial charge in [-0.1, -0.05) is 24.3 Å². The van der Waals surface area contributed by atoms with Crippen molar-refractivity contribution in [1.29, 1.82) is 0 Å². The molecule has 2 aliphatic rings. The lowest BCUT2D eigenvalue weighted by molar-refractivity contribution is -0.133. The van der Waals surface area contributed by atoms with Crippen LogP contribution in [0, 0.1) is 0 Å². The molecule has 33 heavy (non-hydrogen) atoms. The Labute approximate surface area is 190 Å². The second kappa shape index (κ2) is 8.63. The number of hydrogen-bond acceptors (Lipinski definition) is 7. The molecule has 8 nitrogen and oxygen atoms in total. The van der Waals surface area contributed by atoms with Crippen LogP contribution in [0.4, 0.5) is 0 Å². The third kappa shape index (κ3) is 4.29. The Hall–Kier alpha value is -3.78. The number of benzene rings is 2. The van der Waals surface area contributed by atoms with Crippen molar-refractivity contribution in [1.82, 2.24) is 14.7 Å². The number of hydrogen-bond donors (Lipinski definition) is 0. The summed E-state index contributed by atoms with van der Waals surface area (Å²) >= 11 is 0. The van der Waals surface area contributed by atoms with Gasteiger partial charge in [0.25, 0.3) is 0 Å². The highest BCUT2D eigenvalue weighted by molar-refractivity contribution is 5.95. The van der Waals surface area contributed by atoms with Gasteiger partial charge in [0.2, 0.25) is 5.75 Å². The summed E-state index contributed by atoms with van der Waals surface area (Å²) in [6.45, 7) is 4.51. The summed E-state index contributed by atoms with van der Waals surface area (Å²) in [6, 6.07) is 12.5. The maximum Gasteiger partial charge on any atom is 0.336 e. The fourth-order valence-corrected chi connectivity index (χ4v) is 4.35. The molecule has 0 aliphatic carbocycles. The van der Waals surface area contributed by atoms with E-state index in [1.807, 2.05) is 18.2 Å². The second-order valence-electron chi connectivity index (χ2n) is 8.37. The van der Waals surface area contributed by atoms with Crippen molar-refractivity contribution >= 4 is 22.7 Å². The van der Waals surface area contributed by atoms with Gasteiger partial charge in [0.1, 0.15) is 0 Å². The predicted molar refractivity (Wildman–Crippen MR) is 122 cm³/mol. The lowest BCUT2D eigenvalue weighted by Gasteiger charge is -2.20. The Balaban J connectivity index is 1.43. The summed E-state index contributed by atoms with van der Waals surface area (Å²) in [5, 5.41) is 6.13. The van der Waals surface area contributed by atoms with Crippen LogP contribution < -0.4 is 15.0 Å². The SMILES string of the molecule is C[C@@H]1CCCN1CCc1ccc2cc(-n3ncc4c(c3=O)OC(=O)/C=C/C(=O)O4)ccc2c1. The van der Waals surface area contributed by atoms with Gasteiger partial charge in [0, 0.05) is 24.7 Å². The molecule has 5 rings (SSSR count). The summed E-state index contributed by atoms with van der Waals surface area (Å²) in [4.78, 5) is 39.0. The molecular weight excluding hydrogens is 422 g/mol. The Kier molecular flexibility index (Phi) is 5.51. The largest absolute Gasteiger partial charge is 0.417 e. The maximum atomic E-state index is 13.0. The number of likely N-dealkylation sites (tertiary alicyclic amines) is 1. The standard InChI is InChI=1S/C25H23N3O5/c1-16-3-2-11-27(16)12-10-17-4-5-19-14-20(7-6-18(19)13-17)28-25(31)24-21(15-26-28)32-22(29)8-9-23(30)33-24/h4-9,13-16H,2-3,10-12H2,1H3/b9-8+/t16-/m1/s1. The van der Waals surface area contributed by atoms with Gasteiger partial charge in [-0.05, 0) is 61.2 Å². The van der Waals surface area contributed by atoms with E-state index in [2.05, 4.69) is 29.1 Å². The average molecular weight is 445 g/mol. The lowest BCUT2D eigenvalue weighted by atomic mass is 10.0. The predicted octanol–water partition coefficient (Wildman–Crippen LogP) is 2.79. The zero-order valence-corrected chi connectivity index (χ0v) is 18.2. The van der Waals surface area contributed by atoms with Crippen molar-refractivity contribution in [3.8, 4) is 17.2 Å². The number of rotatable bonds is 4. The minimum atomic E-state index is -0.836. The molecule has 168 valence electrons. The summed E-state index contributed by atoms with van der Waals surface area (Å²) in [5.41, 5.74) is 1.08. The van der Waals surface area contributed by atoms with Gasteiger partial charge in [-0.3, -0.25) is 4.79 Å². The van der Waals surface area contributed by atoms with Crippen LogP contribution >= 0.6 is 0 Å². The molecule has 0 amide bonds. The van der Waals surface area contributed by atoms with E-state index < -0.39 is 17.5 Å². The summed E-state index contributed by atoms with van der Waals surface area (Å²) in [6.07, 6.45) is 6.57. The highest BCUT2D eigenvalue weighted by Crippen LogP contribution is 2.25. The van der Waals surface area contributed by atoms with E-state index >= 15 is 0 Å². The van der Waals surface area contributed by atoms with Crippen molar-refractivity contribution in [3.63, 3.8) is 0 Å². The Bertz CT molecular complexity index is 1340. The Morgan fingerprint density at radius 1 is 1.00 bits per heavy atom. The van der Waals surface area contributed by atoms with Gasteiger partial charge in [0.15, 0.2) is 5.75 Å². The lowest BCUT2D eigenvalue weighted by Crippen LogP contribution is -2.28. The molecule has 8 heteroatoms. The van der Waals surface area contributed by atoms with Crippen molar-refractivity contribution in [2.75, 3.05) is 13.1 Å². The number of fused-ring (bicyclic) bond motifs is 2. The fourth-order valence-electron chi connectivity index (χ4n) is 4.35. The van der Waals surface area contributed by atoms with Crippen molar-refractivity contribution in [2.24, 2.45) is 0 Å². The van der Waals surface area contributed by atoms with Crippen LogP contribution in [0.3, 0.4) is 0 Å². The minimum absolute atomic E-state index is 0.197. The van der Waals surface area contributed by atoms with Crippen molar-refractivity contribution in [2.45, 2.75) is 32.2 Å². The van der Waals surface area contributed by atoms with E-state index in [1.165, 1.54) is 31.1 Å². The third-order valence-corrected chi connectivity index (χ3v) is 6.18. The first-order chi connectivity index (χ1) is 16.0. The summed E-state index contributed by atoms with van der Waals surface area (Å²) < 4.78 is 11.2. The monoisotopic (exact) mass is 445 g/mol. The van der Waals surface area contributed by atoms with Gasteiger partial charge in [-0.25, -0.2) is 9.59 Å². The van der Waals surface area contributed by atoms with Gasteiger partial charge in [-0.2, -0.15) is 9.78 Å². The zero-order valence-electron chi connectivity index (χ0n) is 18.2. The first-order valence-corrected chi connectivity index (χ1v) is 11.0. The Morgan fingerprint density at radius 2 is 1.76 bits per heavy atom. The highest BCUT2D eigenvalue weighted by atomic mass is 16.6. The quantitative estimate of drug-likeness (QED) is 0.571. The van der Waals surface area contributed by atoms with E-state index in [9.17, 15) is 14.4 Å². The Morgan fingerprint density at radius 3 is 2.55 bits per heavy atom. The normalized spacial score (nSPS) is 19.5. The molecule has 1 fully saturated rings. The number of ether oxygens (including phenoxy) is 2. The smallest absolute Gasteiger partial charge is 0.336 e. The molecule has 0 unspecified atom stereocenters. The van der Waals surface area contributed by atoms with E-state index in [-0.39, 0.29) is 11.5 Å². The molecule has 1 atom stereocenters. The van der Waals surface area contributed by atoms with Gasteiger partial charge in [-0.15, -0.1) is 0 Å². The van der Waals surface area contributed by atoms with Crippen LogP contribution in [-0.4, -0.2) is 45.8 Å². The molecule has 3 heterocycles. The maximum absolute atomic E-state index is 13.0. The molecular formula is C25H23N3O5. The molecule has 0 bridgehead atoms. The summed E-state index contributed by atoms with van der Waals surface area (Å²) in [5.74, 6) is -2.19. The van der Waals surface area contributed by atoms with E-state index in [4.69, 9.17) is 9.47 Å². The van der Waals surface area contributed by atoms with E-state index in [1.54, 1.807) is 6.07 Å². The van der Waals surface area contributed by atoms with Crippen LogP contribution in [0.15, 0.2) is 59.5 Å². The number of esters is 2. The minimum Gasteiger partial charge on any atom is -0.417 e. The molecule has 2 aliphatic heterocycles. The number of nitrogens with zero attached hydrogens (tertiary/aromatic N) is 3. The van der Waals surface area contributed by atoms with Crippen LogP contribution in [0.2, 0.25) is 0 Å². The van der Waals surface area contributed by atoms with E-state index in [0.717, 1.165) is 40.6 Å². The van der Waals surface area contributed by atoms with E-state index in [0.29, 0.717) is 11.7 Å². The second-order valence-corrected chi connectivity index (χ2v) is 8.37. The van der Waals surface area contributed by atoms with Gasteiger partial charge in [0.05, 0.1) is 11.9 Å². The van der Waals surface area contributed by atoms with Gasteiger partial charge >= 0.3 is 17.5 Å². The molecule has 0 radical (unpaired) electrons. The van der Waals surface area contributed by atoms with Crippen molar-refractivity contribution < 1.29 is 19.1 Å². The molecule has 0 saturated carbocycles. The van der Waals surface area contributed by atoms with Crippen LogP contribution in [0.5, 0.6) is 11.5 Å². The molecule has 2 aromatic carbocycles. The molecule has 0 N–H and O–H groups in total. The molecule has 0 spiro atoms. The third-order valence-electron chi connectivity index (χ3n) is 6.18. The average Bonchev–Trinajstić information content (AvgIpc) is 3.22. The van der Waals surface area contributed by atoms with Crippen LogP contribution in [-0.2, 0) is 16.0 Å². The first-order valence-electron chi connectivity index (χ1n) is 11.0. The number of aromatic nitrogens is 2. The fraction of sp³-hybridized carbons (Fsp3) is 0.280. The van der Waals surface area contributed by atoms with Crippen LogP contribution in [0.25, 0.3) is 16.5 Å². The highest BCUT2D eigenvalue weighted by Gasteiger charge is 2.22. The summed E-state index contributed by atoms with van der Waals surface area (Å²) in [7, 11) is 0. The number of carbonyl (C=O) groups is 2. The number of carbonyl (C=O) groups excluding carboxylic acids is 2. The van der Waals surface area contributed by atoms with Crippen LogP contribution in [0.1, 0.15) is 25.3 Å². The topological polar surface area (TPSA) is 90.7 Å². The zero-order chi connectivity index (χ0) is 22.9. The molecule has 1 aromatic heterocycles. The van der Waals surface area contributed by atoms with Gasteiger partial charge < -0.3 is 14.4 Å². The molecule has 1 saturated heterocycles. The molecule has 3 aromatic rings. The van der Waals surface area contributed by atoms with Crippen molar-refractivity contribution in [3.05, 3.63) is 70.7 Å².